The number of hydrogen-bond donors (Lipinski definition) is 1. The van der Waals surface area contributed by atoms with Crippen molar-refractivity contribution in [3.8, 4) is 5.75 Å². The van der Waals surface area contributed by atoms with Crippen LogP contribution in [0.2, 0.25) is 0 Å². The predicted molar refractivity (Wildman–Crippen MR) is 60.8 cm³/mol. The molecular weight excluding hydrogens is 172 g/mol. The van der Waals surface area contributed by atoms with Crippen LogP contribution in [-0.4, -0.2) is 5.11 Å². The van der Waals surface area contributed by atoms with Crippen LogP contribution < -0.4 is 0 Å². The smallest absolute Gasteiger partial charge is 0.119 e. The summed E-state index contributed by atoms with van der Waals surface area (Å²) in [4.78, 5) is 0. The van der Waals surface area contributed by atoms with E-state index in [-0.39, 0.29) is 0 Å². The van der Waals surface area contributed by atoms with Crippen LogP contribution in [0.3, 0.4) is 0 Å². The Bertz CT molecular complexity index is 302. The van der Waals surface area contributed by atoms with Gasteiger partial charge >= 0.3 is 0 Å². The Morgan fingerprint density at radius 2 is 1.71 bits per heavy atom. The Hall–Kier alpha value is -0.980. The van der Waals surface area contributed by atoms with E-state index in [2.05, 4.69) is 19.9 Å². The first-order chi connectivity index (χ1) is 6.69. The van der Waals surface area contributed by atoms with Gasteiger partial charge in [0.25, 0.3) is 0 Å². The van der Waals surface area contributed by atoms with Gasteiger partial charge in [0.05, 0.1) is 0 Å². The van der Waals surface area contributed by atoms with Crippen LogP contribution in [0, 0.1) is 6.92 Å². The highest BCUT2D eigenvalue weighted by Crippen LogP contribution is 2.25. The zero-order valence-electron chi connectivity index (χ0n) is 9.43. The van der Waals surface area contributed by atoms with Gasteiger partial charge in [-0.1, -0.05) is 32.8 Å². The van der Waals surface area contributed by atoms with Gasteiger partial charge in [-0.15, -0.1) is 0 Å². The van der Waals surface area contributed by atoms with Crippen LogP contribution in [0.4, 0.5) is 0 Å². The molecule has 0 fully saturated rings. The number of benzene rings is 1. The average Bonchev–Trinajstić information content (AvgIpc) is 2.11. The fourth-order valence-corrected chi connectivity index (χ4v) is 1.90. The van der Waals surface area contributed by atoms with Gasteiger partial charge in [-0.2, -0.15) is 0 Å². The lowest BCUT2D eigenvalue weighted by Crippen LogP contribution is -1.95. The number of aryl methyl sites for hydroxylation is 2. The number of phenols is 1. The average molecular weight is 192 g/mol. The molecule has 0 radical (unpaired) electrons. The summed E-state index contributed by atoms with van der Waals surface area (Å²) in [5, 5.41) is 9.83. The fourth-order valence-electron chi connectivity index (χ4n) is 1.90. The summed E-state index contributed by atoms with van der Waals surface area (Å²) in [6, 6.07) is 4.07. The molecule has 0 atom stereocenters. The van der Waals surface area contributed by atoms with Gasteiger partial charge in [-0.05, 0) is 42.5 Å². The molecule has 0 aromatic heterocycles. The first-order valence-corrected chi connectivity index (χ1v) is 5.50. The number of rotatable bonds is 4. The Morgan fingerprint density at radius 1 is 1.07 bits per heavy atom. The van der Waals surface area contributed by atoms with Gasteiger partial charge in [0.15, 0.2) is 0 Å². The summed E-state index contributed by atoms with van der Waals surface area (Å²) in [5.74, 6) is 0.482. The van der Waals surface area contributed by atoms with Crippen molar-refractivity contribution in [3.05, 3.63) is 28.8 Å². The molecule has 0 heterocycles. The lowest BCUT2D eigenvalue weighted by molar-refractivity contribution is 0.466. The minimum atomic E-state index is 0.482. The Morgan fingerprint density at radius 3 is 2.29 bits per heavy atom. The summed E-state index contributed by atoms with van der Waals surface area (Å²) >= 11 is 0. The standard InChI is InChI=1S/C13H20O/c1-4-6-11-8-10(3)9-13(14)12(11)7-5-2/h8-9,14H,4-7H2,1-3H3. The highest BCUT2D eigenvalue weighted by Gasteiger charge is 2.07. The lowest BCUT2D eigenvalue weighted by atomic mass is 9.96. The number of aromatic hydroxyl groups is 1. The summed E-state index contributed by atoms with van der Waals surface area (Å²) in [5.41, 5.74) is 3.64. The molecule has 1 rings (SSSR count). The van der Waals surface area contributed by atoms with Crippen LogP contribution in [0.15, 0.2) is 12.1 Å². The second kappa shape index (κ2) is 5.04. The molecule has 14 heavy (non-hydrogen) atoms. The third-order valence-corrected chi connectivity index (χ3v) is 2.48. The molecule has 1 aromatic carbocycles. The quantitative estimate of drug-likeness (QED) is 0.772. The maximum atomic E-state index is 9.83. The van der Waals surface area contributed by atoms with E-state index in [9.17, 15) is 5.11 Å². The van der Waals surface area contributed by atoms with E-state index < -0.39 is 0 Å². The highest BCUT2D eigenvalue weighted by molar-refractivity contribution is 5.42. The molecule has 0 amide bonds. The van der Waals surface area contributed by atoms with Crippen molar-refractivity contribution in [2.45, 2.75) is 46.5 Å². The molecule has 1 aromatic rings. The SMILES string of the molecule is CCCc1cc(C)cc(O)c1CCC. The molecule has 0 bridgehead atoms. The molecule has 0 unspecified atom stereocenters. The second-order valence-electron chi connectivity index (χ2n) is 3.92. The van der Waals surface area contributed by atoms with Crippen molar-refractivity contribution >= 4 is 0 Å². The van der Waals surface area contributed by atoms with Gasteiger partial charge in [0.2, 0.25) is 0 Å². The van der Waals surface area contributed by atoms with Crippen molar-refractivity contribution in [3.63, 3.8) is 0 Å². The van der Waals surface area contributed by atoms with Crippen LogP contribution in [0.25, 0.3) is 0 Å². The van der Waals surface area contributed by atoms with E-state index in [1.165, 1.54) is 5.56 Å². The third-order valence-electron chi connectivity index (χ3n) is 2.48. The zero-order valence-corrected chi connectivity index (χ0v) is 9.43. The highest BCUT2D eigenvalue weighted by atomic mass is 16.3. The van der Waals surface area contributed by atoms with Gasteiger partial charge in [-0.3, -0.25) is 0 Å². The summed E-state index contributed by atoms with van der Waals surface area (Å²) in [6.07, 6.45) is 4.29. The third kappa shape index (κ3) is 2.50. The van der Waals surface area contributed by atoms with E-state index in [0.717, 1.165) is 36.8 Å². The second-order valence-corrected chi connectivity index (χ2v) is 3.92. The summed E-state index contributed by atoms with van der Waals surface area (Å²) < 4.78 is 0. The molecular formula is C13H20O. The van der Waals surface area contributed by atoms with Gasteiger partial charge < -0.3 is 5.11 Å². The molecule has 0 aliphatic carbocycles. The minimum Gasteiger partial charge on any atom is -0.508 e. The summed E-state index contributed by atoms with van der Waals surface area (Å²) in [6.45, 7) is 6.36. The van der Waals surface area contributed by atoms with E-state index in [4.69, 9.17) is 0 Å². The molecule has 0 aliphatic heterocycles. The molecule has 0 spiro atoms. The van der Waals surface area contributed by atoms with E-state index in [0.29, 0.717) is 5.75 Å². The van der Waals surface area contributed by atoms with Crippen LogP contribution in [0.5, 0.6) is 5.75 Å². The van der Waals surface area contributed by atoms with Crippen molar-refractivity contribution in [1.82, 2.24) is 0 Å². The van der Waals surface area contributed by atoms with Crippen molar-refractivity contribution in [2.75, 3.05) is 0 Å². The monoisotopic (exact) mass is 192 g/mol. The molecule has 0 aliphatic rings. The first kappa shape index (κ1) is 11.1. The normalized spacial score (nSPS) is 10.5. The largest absolute Gasteiger partial charge is 0.508 e. The van der Waals surface area contributed by atoms with Crippen molar-refractivity contribution < 1.29 is 5.11 Å². The Kier molecular flexibility index (Phi) is 3.99. The Balaban J connectivity index is 3.07. The summed E-state index contributed by atoms with van der Waals surface area (Å²) in [7, 11) is 0. The van der Waals surface area contributed by atoms with Crippen molar-refractivity contribution in [1.29, 1.82) is 0 Å². The van der Waals surface area contributed by atoms with Gasteiger partial charge in [0, 0.05) is 0 Å². The maximum absolute atomic E-state index is 9.83. The zero-order chi connectivity index (χ0) is 10.6. The molecule has 1 N–H and O–H groups in total. The molecule has 1 heteroatoms. The maximum Gasteiger partial charge on any atom is 0.119 e. The molecule has 1 nitrogen and oxygen atoms in total. The minimum absolute atomic E-state index is 0.482. The van der Waals surface area contributed by atoms with Crippen LogP contribution in [-0.2, 0) is 12.8 Å². The van der Waals surface area contributed by atoms with Gasteiger partial charge in [-0.25, -0.2) is 0 Å². The van der Waals surface area contributed by atoms with Crippen molar-refractivity contribution in [2.24, 2.45) is 0 Å². The van der Waals surface area contributed by atoms with E-state index in [1.807, 2.05) is 13.0 Å². The lowest BCUT2D eigenvalue weighted by Gasteiger charge is -2.11. The van der Waals surface area contributed by atoms with E-state index in [1.54, 1.807) is 0 Å². The van der Waals surface area contributed by atoms with Gasteiger partial charge in [0.1, 0.15) is 5.75 Å². The number of phenolic OH excluding ortho intramolecular Hbond substituents is 1. The molecule has 0 saturated heterocycles. The first-order valence-electron chi connectivity index (χ1n) is 5.50. The van der Waals surface area contributed by atoms with E-state index >= 15 is 0 Å². The Labute approximate surface area is 86.8 Å². The van der Waals surface area contributed by atoms with Crippen LogP contribution >= 0.6 is 0 Å². The number of hydrogen-bond acceptors (Lipinski definition) is 1. The predicted octanol–water partition coefficient (Wildman–Crippen LogP) is 3.61. The fraction of sp³-hybridized carbons (Fsp3) is 0.538. The topological polar surface area (TPSA) is 20.2 Å². The molecule has 78 valence electrons. The molecule has 0 saturated carbocycles. The van der Waals surface area contributed by atoms with Crippen LogP contribution in [0.1, 0.15) is 43.4 Å².